The molecule has 5 heteroatoms. The molecular weight excluding hydrogens is 154 g/mol. The van der Waals surface area contributed by atoms with Gasteiger partial charge in [0, 0.05) is 0 Å². The Kier molecular flexibility index (Phi) is 2.22. The number of ether oxygens (including phenoxy) is 1. The molecular formula is C5H5NO3S. The standard InChI is InChI=1S/C5H5NO3S/c7-5(8)1-9-4-2-10-3-6-4/h2-3H,1H2,(H,7,8). The molecule has 0 aliphatic heterocycles. The molecule has 1 aromatic heterocycles. The maximum atomic E-state index is 9.95. The van der Waals surface area contributed by atoms with Crippen LogP contribution in [0, 0.1) is 0 Å². The van der Waals surface area contributed by atoms with Gasteiger partial charge in [-0.05, 0) is 0 Å². The molecule has 1 heterocycles. The highest BCUT2D eigenvalue weighted by Gasteiger charge is 1.98. The number of carboxylic acids is 1. The van der Waals surface area contributed by atoms with E-state index in [1.54, 1.807) is 10.9 Å². The van der Waals surface area contributed by atoms with Crippen molar-refractivity contribution in [2.75, 3.05) is 6.61 Å². The minimum absolute atomic E-state index is 0.330. The predicted octanol–water partition coefficient (Wildman–Crippen LogP) is 0.607. The number of nitrogens with zero attached hydrogens (tertiary/aromatic N) is 1. The summed E-state index contributed by atoms with van der Waals surface area (Å²) in [7, 11) is 0. The summed E-state index contributed by atoms with van der Waals surface area (Å²) in [5, 5.41) is 9.80. The van der Waals surface area contributed by atoms with E-state index in [0.717, 1.165) is 0 Å². The molecule has 0 amide bonds. The van der Waals surface area contributed by atoms with E-state index in [4.69, 9.17) is 9.84 Å². The molecule has 54 valence electrons. The second-order valence-corrected chi connectivity index (χ2v) is 2.23. The van der Waals surface area contributed by atoms with E-state index in [-0.39, 0.29) is 6.61 Å². The van der Waals surface area contributed by atoms with Crippen molar-refractivity contribution in [1.82, 2.24) is 4.98 Å². The summed E-state index contributed by atoms with van der Waals surface area (Å²) >= 11 is 1.36. The lowest BCUT2D eigenvalue weighted by Gasteiger charge is -1.94. The number of carbonyl (C=O) groups is 1. The maximum Gasteiger partial charge on any atom is 0.341 e. The molecule has 0 aromatic carbocycles. The van der Waals surface area contributed by atoms with Gasteiger partial charge in [-0.25, -0.2) is 9.78 Å². The quantitative estimate of drug-likeness (QED) is 0.701. The van der Waals surface area contributed by atoms with Gasteiger partial charge in [0.15, 0.2) is 6.61 Å². The Hall–Kier alpha value is -1.10. The van der Waals surface area contributed by atoms with Crippen LogP contribution in [-0.4, -0.2) is 22.7 Å². The zero-order chi connectivity index (χ0) is 7.40. The first-order chi connectivity index (χ1) is 4.79. The van der Waals surface area contributed by atoms with Crippen LogP contribution in [-0.2, 0) is 4.79 Å². The first-order valence-electron chi connectivity index (χ1n) is 2.52. The summed E-state index contributed by atoms with van der Waals surface area (Å²) in [6.07, 6.45) is 0. The highest BCUT2D eigenvalue weighted by molar-refractivity contribution is 7.07. The van der Waals surface area contributed by atoms with E-state index in [0.29, 0.717) is 5.88 Å². The molecule has 4 nitrogen and oxygen atoms in total. The molecule has 1 rings (SSSR count). The van der Waals surface area contributed by atoms with Gasteiger partial charge in [-0.15, -0.1) is 11.3 Å². The smallest absolute Gasteiger partial charge is 0.341 e. The summed E-state index contributed by atoms with van der Waals surface area (Å²) in [5.41, 5.74) is 1.58. The van der Waals surface area contributed by atoms with Crippen molar-refractivity contribution >= 4 is 17.3 Å². The molecule has 0 atom stereocenters. The van der Waals surface area contributed by atoms with Crippen LogP contribution in [0.15, 0.2) is 10.9 Å². The molecule has 1 N–H and O–H groups in total. The fraction of sp³-hybridized carbons (Fsp3) is 0.200. The van der Waals surface area contributed by atoms with Crippen LogP contribution in [0.25, 0.3) is 0 Å². The topological polar surface area (TPSA) is 59.4 Å². The van der Waals surface area contributed by atoms with E-state index in [9.17, 15) is 4.79 Å². The Morgan fingerprint density at radius 3 is 3.20 bits per heavy atom. The zero-order valence-corrected chi connectivity index (χ0v) is 5.80. The zero-order valence-electron chi connectivity index (χ0n) is 4.98. The molecule has 1 aromatic rings. The van der Waals surface area contributed by atoms with Crippen LogP contribution in [0.3, 0.4) is 0 Å². The minimum Gasteiger partial charge on any atom is -0.479 e. The number of hydrogen-bond donors (Lipinski definition) is 1. The van der Waals surface area contributed by atoms with Crippen molar-refractivity contribution in [3.8, 4) is 5.88 Å². The monoisotopic (exact) mass is 159 g/mol. The fourth-order valence-corrected chi connectivity index (χ4v) is 0.879. The summed E-state index contributed by atoms with van der Waals surface area (Å²) in [6.45, 7) is -0.330. The first-order valence-corrected chi connectivity index (χ1v) is 3.46. The molecule has 0 saturated heterocycles. The summed E-state index contributed by atoms with van der Waals surface area (Å²) in [4.78, 5) is 13.7. The second kappa shape index (κ2) is 3.17. The summed E-state index contributed by atoms with van der Waals surface area (Å²) < 4.78 is 4.71. The third-order valence-electron chi connectivity index (χ3n) is 0.753. The lowest BCUT2D eigenvalue weighted by atomic mass is 10.7. The van der Waals surface area contributed by atoms with Crippen molar-refractivity contribution < 1.29 is 14.6 Å². The van der Waals surface area contributed by atoms with Gasteiger partial charge in [0.05, 0.1) is 10.9 Å². The lowest BCUT2D eigenvalue weighted by Crippen LogP contribution is -2.09. The average molecular weight is 159 g/mol. The van der Waals surface area contributed by atoms with Crippen LogP contribution in [0.4, 0.5) is 0 Å². The highest BCUT2D eigenvalue weighted by Crippen LogP contribution is 2.08. The molecule has 0 fully saturated rings. The summed E-state index contributed by atoms with van der Waals surface area (Å²) in [5.74, 6) is -0.625. The molecule has 0 spiro atoms. The third-order valence-corrected chi connectivity index (χ3v) is 1.32. The van der Waals surface area contributed by atoms with Crippen molar-refractivity contribution in [1.29, 1.82) is 0 Å². The molecule has 0 bridgehead atoms. The fourth-order valence-electron chi connectivity index (χ4n) is 0.408. The maximum absolute atomic E-state index is 9.95. The van der Waals surface area contributed by atoms with Crippen molar-refractivity contribution in [3.63, 3.8) is 0 Å². The van der Waals surface area contributed by atoms with E-state index in [2.05, 4.69) is 4.98 Å². The Bertz CT molecular complexity index is 209. The van der Waals surface area contributed by atoms with Crippen LogP contribution >= 0.6 is 11.3 Å². The first kappa shape index (κ1) is 7.01. The van der Waals surface area contributed by atoms with Gasteiger partial charge in [0.25, 0.3) is 0 Å². The van der Waals surface area contributed by atoms with Crippen molar-refractivity contribution in [2.24, 2.45) is 0 Å². The normalized spacial score (nSPS) is 9.20. The van der Waals surface area contributed by atoms with Gasteiger partial charge >= 0.3 is 5.97 Å². The van der Waals surface area contributed by atoms with E-state index in [1.165, 1.54) is 11.3 Å². The van der Waals surface area contributed by atoms with Gasteiger partial charge in [0.2, 0.25) is 5.88 Å². The van der Waals surface area contributed by atoms with Gasteiger partial charge in [-0.2, -0.15) is 0 Å². The predicted molar refractivity (Wildman–Crippen MR) is 35.2 cm³/mol. The lowest BCUT2D eigenvalue weighted by molar-refractivity contribution is -0.139. The molecule has 0 unspecified atom stereocenters. The van der Waals surface area contributed by atoms with Crippen molar-refractivity contribution in [3.05, 3.63) is 10.9 Å². The Morgan fingerprint density at radius 2 is 2.70 bits per heavy atom. The van der Waals surface area contributed by atoms with Gasteiger partial charge in [-0.3, -0.25) is 0 Å². The van der Waals surface area contributed by atoms with E-state index >= 15 is 0 Å². The number of thiazole rings is 1. The SMILES string of the molecule is O=C(O)COc1cscn1. The van der Waals surface area contributed by atoms with Crippen LogP contribution < -0.4 is 4.74 Å². The van der Waals surface area contributed by atoms with Gasteiger partial charge in [-0.1, -0.05) is 0 Å². The van der Waals surface area contributed by atoms with E-state index < -0.39 is 5.97 Å². The average Bonchev–Trinajstić information content (AvgIpc) is 2.34. The third kappa shape index (κ3) is 2.02. The Morgan fingerprint density at radius 1 is 1.90 bits per heavy atom. The number of carboxylic acid groups (broad SMARTS) is 1. The van der Waals surface area contributed by atoms with Gasteiger partial charge < -0.3 is 9.84 Å². The van der Waals surface area contributed by atoms with Gasteiger partial charge in [0.1, 0.15) is 0 Å². The molecule has 0 radical (unpaired) electrons. The molecule has 0 aliphatic carbocycles. The Balaban J connectivity index is 2.35. The minimum atomic E-state index is -0.993. The summed E-state index contributed by atoms with van der Waals surface area (Å²) in [6, 6.07) is 0. The van der Waals surface area contributed by atoms with Crippen molar-refractivity contribution in [2.45, 2.75) is 0 Å². The van der Waals surface area contributed by atoms with Crippen LogP contribution in [0.5, 0.6) is 5.88 Å². The number of aliphatic carboxylic acids is 1. The number of aromatic nitrogens is 1. The van der Waals surface area contributed by atoms with Crippen LogP contribution in [0.2, 0.25) is 0 Å². The number of rotatable bonds is 3. The molecule has 0 aliphatic rings. The Labute approximate surface area is 61.1 Å². The molecule has 0 saturated carbocycles. The highest BCUT2D eigenvalue weighted by atomic mass is 32.1. The number of hydrogen-bond acceptors (Lipinski definition) is 4. The largest absolute Gasteiger partial charge is 0.479 e. The van der Waals surface area contributed by atoms with Crippen LogP contribution in [0.1, 0.15) is 0 Å². The van der Waals surface area contributed by atoms with E-state index in [1.807, 2.05) is 0 Å². The molecule has 10 heavy (non-hydrogen) atoms. The second-order valence-electron chi connectivity index (χ2n) is 1.51.